The fraction of sp³-hybridized carbons (Fsp3) is 0.909. The molecule has 0 aromatic heterocycles. The molecule has 0 aliphatic rings. The molecule has 3 heteroatoms. The Labute approximate surface area is 157 Å². The van der Waals surface area contributed by atoms with Gasteiger partial charge in [-0.15, -0.1) is 0 Å². The molecule has 1 unspecified atom stereocenters. The average Bonchev–Trinajstić information content (AvgIpc) is 2.62. The molecule has 0 amide bonds. The second kappa shape index (κ2) is 19.8. The first kappa shape index (κ1) is 24.4. The summed E-state index contributed by atoms with van der Waals surface area (Å²) in [5.41, 5.74) is 0. The van der Waals surface area contributed by atoms with Gasteiger partial charge in [-0.05, 0) is 6.42 Å². The average molecular weight is 356 g/mol. The quantitative estimate of drug-likeness (QED) is 0.142. The minimum absolute atomic E-state index is 0.153. The fourth-order valence-corrected chi connectivity index (χ4v) is 3.08. The molecule has 0 aromatic rings. The third-order valence-corrected chi connectivity index (χ3v) is 4.74. The van der Waals surface area contributed by atoms with Crippen molar-refractivity contribution in [2.45, 2.75) is 123 Å². The molecule has 3 nitrogen and oxygen atoms in total. The molecule has 0 aliphatic carbocycles. The number of unbranched alkanes of at least 4 members (excludes halogenated alkanes) is 14. The Morgan fingerprint density at radius 1 is 0.760 bits per heavy atom. The summed E-state index contributed by atoms with van der Waals surface area (Å²) in [5.74, 6) is -0.153. The van der Waals surface area contributed by atoms with Crippen LogP contribution in [0.3, 0.4) is 0 Å². The van der Waals surface area contributed by atoms with Gasteiger partial charge in [0.1, 0.15) is 0 Å². The summed E-state index contributed by atoms with van der Waals surface area (Å²) >= 11 is 0. The summed E-state index contributed by atoms with van der Waals surface area (Å²) in [5, 5.41) is 0. The molecule has 0 aromatic carbocycles. The van der Waals surface area contributed by atoms with E-state index in [1.807, 2.05) is 6.92 Å². The van der Waals surface area contributed by atoms with Crippen molar-refractivity contribution in [2.75, 3.05) is 7.11 Å². The Hall–Kier alpha value is -0.570. The van der Waals surface area contributed by atoms with Gasteiger partial charge in [-0.1, -0.05) is 104 Å². The monoisotopic (exact) mass is 355 g/mol. The first-order valence-electron chi connectivity index (χ1n) is 10.8. The highest BCUT2D eigenvalue weighted by atomic mass is 16.7. The number of hydrogen-bond acceptors (Lipinski definition) is 3. The van der Waals surface area contributed by atoms with Crippen molar-refractivity contribution in [3.63, 3.8) is 0 Å². The van der Waals surface area contributed by atoms with Gasteiger partial charge in [-0.2, -0.15) is 0 Å². The van der Waals surface area contributed by atoms with E-state index in [0.717, 1.165) is 12.8 Å². The molecular formula is C22H43O3. The first-order chi connectivity index (χ1) is 12.2. The molecule has 1 radical (unpaired) electrons. The maximum absolute atomic E-state index is 11.6. The summed E-state index contributed by atoms with van der Waals surface area (Å²) in [6, 6.07) is 0. The number of carbonyl (C=O) groups is 1. The standard InChI is InChI=1S/C22H43O3/c1-4-6-7-8-9-10-11-12-13-14-15-16-17-18-19-20-21(23)25-22(5-2)24-3/h5,22H,4,6-20H2,1-3H3. The van der Waals surface area contributed by atoms with Gasteiger partial charge in [0.15, 0.2) is 0 Å². The van der Waals surface area contributed by atoms with E-state index in [2.05, 4.69) is 6.92 Å². The molecule has 0 aliphatic heterocycles. The molecule has 0 saturated heterocycles. The smallest absolute Gasteiger partial charge is 0.308 e. The molecule has 0 N–H and O–H groups in total. The topological polar surface area (TPSA) is 35.5 Å². The van der Waals surface area contributed by atoms with Crippen molar-refractivity contribution >= 4 is 5.97 Å². The number of methoxy groups -OCH3 is 1. The largest absolute Gasteiger partial charge is 0.435 e. The molecule has 0 saturated carbocycles. The Morgan fingerprint density at radius 3 is 1.52 bits per heavy atom. The van der Waals surface area contributed by atoms with Crippen molar-refractivity contribution in [1.29, 1.82) is 0 Å². The fourth-order valence-electron chi connectivity index (χ4n) is 3.08. The summed E-state index contributed by atoms with van der Waals surface area (Å²) in [7, 11) is 1.55. The summed E-state index contributed by atoms with van der Waals surface area (Å²) in [6.07, 6.45) is 21.8. The Morgan fingerprint density at radius 2 is 1.16 bits per heavy atom. The molecule has 0 rings (SSSR count). The van der Waals surface area contributed by atoms with Crippen LogP contribution in [0.1, 0.15) is 117 Å². The van der Waals surface area contributed by atoms with Crippen LogP contribution in [0.4, 0.5) is 0 Å². The number of ether oxygens (including phenoxy) is 2. The molecule has 1 atom stereocenters. The van der Waals surface area contributed by atoms with E-state index in [-0.39, 0.29) is 5.97 Å². The molecule has 0 fully saturated rings. The van der Waals surface area contributed by atoms with Crippen LogP contribution in [-0.4, -0.2) is 19.4 Å². The van der Waals surface area contributed by atoms with Crippen LogP contribution in [0, 0.1) is 6.42 Å². The minimum Gasteiger partial charge on any atom is -0.435 e. The van der Waals surface area contributed by atoms with E-state index in [0.29, 0.717) is 6.42 Å². The number of carbonyl (C=O) groups excluding carboxylic acids is 1. The number of hydrogen-bond donors (Lipinski definition) is 0. The maximum Gasteiger partial charge on any atom is 0.308 e. The number of esters is 1. The van der Waals surface area contributed by atoms with E-state index in [4.69, 9.17) is 9.47 Å². The SMILES string of the molecule is C[CH]C(OC)OC(=O)CCCCCCCCCCCCCCCCC. The highest BCUT2D eigenvalue weighted by molar-refractivity contribution is 5.69. The lowest BCUT2D eigenvalue weighted by molar-refractivity contribution is -0.167. The summed E-state index contributed by atoms with van der Waals surface area (Å²) in [4.78, 5) is 11.6. The highest BCUT2D eigenvalue weighted by Gasteiger charge is 2.10. The Balaban J connectivity index is 3.17. The van der Waals surface area contributed by atoms with Gasteiger partial charge in [-0.3, -0.25) is 4.79 Å². The van der Waals surface area contributed by atoms with Crippen LogP contribution >= 0.6 is 0 Å². The second-order valence-electron chi connectivity index (χ2n) is 7.13. The van der Waals surface area contributed by atoms with Crippen molar-refractivity contribution in [2.24, 2.45) is 0 Å². The van der Waals surface area contributed by atoms with Crippen LogP contribution in [0.25, 0.3) is 0 Å². The van der Waals surface area contributed by atoms with Gasteiger partial charge in [0, 0.05) is 20.0 Å². The molecule has 0 heterocycles. The Kier molecular flexibility index (Phi) is 19.3. The van der Waals surface area contributed by atoms with E-state index in [1.165, 1.54) is 83.5 Å². The lowest BCUT2D eigenvalue weighted by atomic mass is 10.0. The predicted molar refractivity (Wildman–Crippen MR) is 106 cm³/mol. The normalized spacial score (nSPS) is 12.3. The van der Waals surface area contributed by atoms with E-state index in [9.17, 15) is 4.79 Å². The van der Waals surface area contributed by atoms with Crippen molar-refractivity contribution in [3.8, 4) is 0 Å². The van der Waals surface area contributed by atoms with Crippen LogP contribution < -0.4 is 0 Å². The van der Waals surface area contributed by atoms with Gasteiger partial charge in [0.05, 0.1) is 0 Å². The minimum atomic E-state index is -0.496. The molecular weight excluding hydrogens is 312 g/mol. The third kappa shape index (κ3) is 18.0. The van der Waals surface area contributed by atoms with Crippen molar-refractivity contribution in [1.82, 2.24) is 0 Å². The molecule has 0 spiro atoms. The molecule has 149 valence electrons. The summed E-state index contributed by atoms with van der Waals surface area (Å²) < 4.78 is 10.2. The van der Waals surface area contributed by atoms with Gasteiger partial charge in [-0.25, -0.2) is 0 Å². The van der Waals surface area contributed by atoms with Crippen LogP contribution in [0.15, 0.2) is 0 Å². The zero-order chi connectivity index (χ0) is 18.6. The molecule has 0 bridgehead atoms. The first-order valence-corrected chi connectivity index (χ1v) is 10.8. The van der Waals surface area contributed by atoms with Crippen LogP contribution in [0.2, 0.25) is 0 Å². The van der Waals surface area contributed by atoms with Gasteiger partial charge < -0.3 is 9.47 Å². The Bertz CT molecular complexity index is 274. The third-order valence-electron chi connectivity index (χ3n) is 4.74. The lowest BCUT2D eigenvalue weighted by Crippen LogP contribution is -2.19. The van der Waals surface area contributed by atoms with Crippen LogP contribution in [-0.2, 0) is 14.3 Å². The van der Waals surface area contributed by atoms with Crippen molar-refractivity contribution < 1.29 is 14.3 Å². The van der Waals surface area contributed by atoms with E-state index < -0.39 is 6.29 Å². The van der Waals surface area contributed by atoms with Gasteiger partial charge in [0.2, 0.25) is 6.29 Å². The molecule has 25 heavy (non-hydrogen) atoms. The maximum atomic E-state index is 11.6. The van der Waals surface area contributed by atoms with Crippen LogP contribution in [0.5, 0.6) is 0 Å². The van der Waals surface area contributed by atoms with E-state index >= 15 is 0 Å². The summed E-state index contributed by atoms with van der Waals surface area (Å²) in [6.45, 7) is 4.10. The lowest BCUT2D eigenvalue weighted by Gasteiger charge is -2.13. The number of rotatable bonds is 19. The zero-order valence-corrected chi connectivity index (χ0v) is 17.2. The van der Waals surface area contributed by atoms with E-state index in [1.54, 1.807) is 13.5 Å². The van der Waals surface area contributed by atoms with Gasteiger partial charge in [0.25, 0.3) is 0 Å². The van der Waals surface area contributed by atoms with Crippen molar-refractivity contribution in [3.05, 3.63) is 6.42 Å². The zero-order valence-electron chi connectivity index (χ0n) is 17.2. The van der Waals surface area contributed by atoms with Gasteiger partial charge >= 0.3 is 5.97 Å². The predicted octanol–water partition coefficient (Wildman–Crippen LogP) is 6.99. The highest BCUT2D eigenvalue weighted by Crippen LogP contribution is 2.14. The second-order valence-corrected chi connectivity index (χ2v) is 7.13.